The fourth-order valence-electron chi connectivity index (χ4n) is 6.55. The molecule has 2 rings (SSSR count). The van der Waals surface area contributed by atoms with Crippen LogP contribution in [0.4, 0.5) is 0 Å². The Bertz CT molecular complexity index is 763. The van der Waals surface area contributed by atoms with E-state index >= 15 is 0 Å². The van der Waals surface area contributed by atoms with Crippen molar-refractivity contribution < 1.29 is 21.5 Å². The first kappa shape index (κ1) is 39.2. The highest BCUT2D eigenvalue weighted by Crippen LogP contribution is 2.16. The smallest absolute Gasteiger partial charge is 0.244 e. The Morgan fingerprint density at radius 3 is 1.24 bits per heavy atom. The molecule has 0 aliphatic heterocycles. The molecule has 0 atom stereocenters. The number of nitrogens with zero attached hydrogens (tertiary/aromatic N) is 2. The molecule has 2 nitrogen and oxygen atoms in total. The average molecular weight is 648 g/mol. The Kier molecular flexibility index (Phi) is 27.0. The molecule has 0 saturated heterocycles. The molecule has 0 N–H and O–H groups in total. The molecule has 0 fully saturated rings. The molecule has 0 bridgehead atoms. The fraction of sp³-hybridized carbons (Fsp3) is 0.821. The second kappa shape index (κ2) is 28.9. The van der Waals surface area contributed by atoms with Gasteiger partial charge in [0.25, 0.3) is 0 Å². The number of halogens is 1. The highest BCUT2D eigenvalue weighted by molar-refractivity contribution is 5.71. The third kappa shape index (κ3) is 19.4. The largest absolute Gasteiger partial charge is 1.00 e. The van der Waals surface area contributed by atoms with Crippen LogP contribution in [0.2, 0.25) is 0 Å². The van der Waals surface area contributed by atoms with Crippen LogP contribution in [-0.2, 0) is 13.1 Å². The monoisotopic (exact) mass is 646 g/mol. The molecule has 0 aliphatic carbocycles. The van der Waals surface area contributed by atoms with Crippen molar-refractivity contribution in [3.63, 3.8) is 0 Å². The second-order valence-electron chi connectivity index (χ2n) is 13.2. The zero-order valence-corrected chi connectivity index (χ0v) is 30.0. The summed E-state index contributed by atoms with van der Waals surface area (Å²) in [6, 6.07) is 9.06. The Labute approximate surface area is 273 Å². The minimum atomic E-state index is 0. The Morgan fingerprint density at radius 1 is 0.452 bits per heavy atom. The number of aryl methyl sites for hydroxylation is 2. The third-order valence-electron chi connectivity index (χ3n) is 9.28. The van der Waals surface area contributed by atoms with Gasteiger partial charge in [-0.3, -0.25) is 0 Å². The van der Waals surface area contributed by atoms with E-state index in [0.29, 0.717) is 0 Å². The number of hydrogen-bond donors (Lipinski definition) is 0. The van der Waals surface area contributed by atoms with Gasteiger partial charge in [-0.05, 0) is 37.8 Å². The Morgan fingerprint density at radius 2 is 0.810 bits per heavy atom. The molecule has 1 heterocycles. The lowest BCUT2D eigenvalue weighted by Gasteiger charge is -2.03. The van der Waals surface area contributed by atoms with Gasteiger partial charge in [-0.15, -0.1) is 0 Å². The molecule has 0 spiro atoms. The van der Waals surface area contributed by atoms with Crippen LogP contribution in [0, 0.1) is 0 Å². The number of para-hydroxylation sites is 2. The van der Waals surface area contributed by atoms with Crippen LogP contribution in [0.25, 0.3) is 11.0 Å². The molecule has 3 heteroatoms. The van der Waals surface area contributed by atoms with Crippen LogP contribution in [0.15, 0.2) is 30.6 Å². The van der Waals surface area contributed by atoms with E-state index in [4.69, 9.17) is 0 Å². The van der Waals surface area contributed by atoms with Gasteiger partial charge in [0, 0.05) is 0 Å². The van der Waals surface area contributed by atoms with E-state index < -0.39 is 0 Å². The van der Waals surface area contributed by atoms with E-state index in [1.165, 1.54) is 204 Å². The van der Waals surface area contributed by atoms with Gasteiger partial charge < -0.3 is 17.0 Å². The highest BCUT2D eigenvalue weighted by Gasteiger charge is 2.14. The summed E-state index contributed by atoms with van der Waals surface area (Å²) in [5, 5.41) is 0. The van der Waals surface area contributed by atoms with Gasteiger partial charge in [0.2, 0.25) is 6.33 Å². The first-order valence-electron chi connectivity index (χ1n) is 18.8. The van der Waals surface area contributed by atoms with Crippen LogP contribution in [-0.4, -0.2) is 4.57 Å². The maximum Gasteiger partial charge on any atom is 0.244 e. The number of benzene rings is 1. The average Bonchev–Trinajstić information content (AvgIpc) is 3.35. The summed E-state index contributed by atoms with van der Waals surface area (Å²) >= 11 is 0. The van der Waals surface area contributed by atoms with Gasteiger partial charge >= 0.3 is 0 Å². The summed E-state index contributed by atoms with van der Waals surface area (Å²) in [6.45, 7) is 6.95. The SMILES string of the molecule is CCCCCCCCCCCCCCCCn1c[n+](CCCCCCCCCCCCCCCC)c2ccccc21.[Br-]. The van der Waals surface area contributed by atoms with E-state index in [2.05, 4.69) is 53.6 Å². The van der Waals surface area contributed by atoms with Gasteiger partial charge in [0.05, 0.1) is 13.1 Å². The number of imidazole rings is 1. The fourth-order valence-corrected chi connectivity index (χ4v) is 6.55. The maximum atomic E-state index is 2.53. The second-order valence-corrected chi connectivity index (χ2v) is 13.2. The topological polar surface area (TPSA) is 8.81 Å². The quantitative estimate of drug-likeness (QED) is 0.0590. The molecular formula is C39H71BrN2. The van der Waals surface area contributed by atoms with Crippen molar-refractivity contribution in [2.24, 2.45) is 0 Å². The standard InChI is InChI=1S/C39H71N2.BrH/c1-3-5-7-9-11-13-15-17-19-21-23-25-27-31-35-40-37-41(39-34-30-29-33-38(39)40)36-32-28-26-24-22-20-18-16-14-12-10-8-6-4-2;/h29-30,33-34,37H,3-28,31-32,35-36H2,1-2H3;1H/q+1;/p-1. The minimum Gasteiger partial charge on any atom is -1.00 e. The van der Waals surface area contributed by atoms with Crippen molar-refractivity contribution >= 4 is 11.0 Å². The van der Waals surface area contributed by atoms with Crippen molar-refractivity contribution in [2.75, 3.05) is 0 Å². The van der Waals surface area contributed by atoms with Gasteiger partial charge in [-0.2, -0.15) is 0 Å². The van der Waals surface area contributed by atoms with Crippen molar-refractivity contribution in [1.82, 2.24) is 4.57 Å². The number of rotatable bonds is 30. The predicted molar refractivity (Wildman–Crippen MR) is 183 cm³/mol. The van der Waals surface area contributed by atoms with Crippen molar-refractivity contribution in [3.05, 3.63) is 30.6 Å². The molecule has 0 aliphatic rings. The Hall–Kier alpha value is -0.830. The summed E-state index contributed by atoms with van der Waals surface area (Å²) in [7, 11) is 0. The highest BCUT2D eigenvalue weighted by atomic mass is 79.9. The van der Waals surface area contributed by atoms with Crippen LogP contribution in [0.1, 0.15) is 194 Å². The molecule has 0 amide bonds. The lowest BCUT2D eigenvalue weighted by atomic mass is 10.0. The normalized spacial score (nSPS) is 11.4. The first-order chi connectivity index (χ1) is 20.4. The van der Waals surface area contributed by atoms with E-state index in [9.17, 15) is 0 Å². The van der Waals surface area contributed by atoms with Gasteiger partial charge in [0.15, 0.2) is 11.0 Å². The summed E-state index contributed by atoms with van der Waals surface area (Å²) in [5.41, 5.74) is 2.85. The molecule has 1 aromatic heterocycles. The van der Waals surface area contributed by atoms with Gasteiger partial charge in [-0.1, -0.05) is 180 Å². The molecule has 0 saturated carbocycles. The maximum absolute atomic E-state index is 2.53. The first-order valence-corrected chi connectivity index (χ1v) is 18.8. The molecular weight excluding hydrogens is 576 g/mol. The summed E-state index contributed by atoms with van der Waals surface area (Å²) in [6.07, 6.45) is 42.4. The van der Waals surface area contributed by atoms with Crippen molar-refractivity contribution in [2.45, 2.75) is 207 Å². The van der Waals surface area contributed by atoms with Gasteiger partial charge in [0.1, 0.15) is 0 Å². The van der Waals surface area contributed by atoms with Gasteiger partial charge in [-0.25, -0.2) is 9.13 Å². The van der Waals surface area contributed by atoms with E-state index in [1.54, 1.807) is 0 Å². The molecule has 0 radical (unpaired) electrons. The number of unbranched alkanes of at least 4 members (excludes halogenated alkanes) is 26. The van der Waals surface area contributed by atoms with Crippen molar-refractivity contribution in [3.8, 4) is 0 Å². The number of fused-ring (bicyclic) bond motifs is 1. The van der Waals surface area contributed by atoms with E-state index in [1.807, 2.05) is 0 Å². The van der Waals surface area contributed by atoms with Crippen LogP contribution in [0.5, 0.6) is 0 Å². The van der Waals surface area contributed by atoms with Crippen molar-refractivity contribution in [1.29, 1.82) is 0 Å². The minimum absolute atomic E-state index is 0. The number of aromatic nitrogens is 2. The molecule has 2 aromatic rings. The zero-order valence-electron chi connectivity index (χ0n) is 28.4. The predicted octanol–water partition coefficient (Wildman–Crippen LogP) is 9.90. The zero-order chi connectivity index (χ0) is 29.1. The van der Waals surface area contributed by atoms with Crippen LogP contribution in [0.3, 0.4) is 0 Å². The summed E-state index contributed by atoms with van der Waals surface area (Å²) in [4.78, 5) is 0. The van der Waals surface area contributed by atoms with E-state index in [-0.39, 0.29) is 17.0 Å². The lowest BCUT2D eigenvalue weighted by molar-refractivity contribution is -0.672. The number of hydrogen-bond acceptors (Lipinski definition) is 0. The molecule has 1 aromatic carbocycles. The van der Waals surface area contributed by atoms with E-state index in [0.717, 1.165) is 0 Å². The van der Waals surface area contributed by atoms with Crippen LogP contribution < -0.4 is 21.5 Å². The Balaban J connectivity index is 0.00000882. The summed E-state index contributed by atoms with van der Waals surface area (Å²) in [5.74, 6) is 0. The third-order valence-corrected chi connectivity index (χ3v) is 9.28. The lowest BCUT2D eigenvalue weighted by Crippen LogP contribution is -3.00. The summed E-state index contributed by atoms with van der Waals surface area (Å²) < 4.78 is 5.05. The van der Waals surface area contributed by atoms with Crippen LogP contribution >= 0.6 is 0 Å². The molecule has 244 valence electrons. The molecule has 42 heavy (non-hydrogen) atoms. The molecule has 0 unspecified atom stereocenters.